The molecule has 0 saturated heterocycles. The predicted molar refractivity (Wildman–Crippen MR) is 73.9 cm³/mol. The number of amides is 1. The molecule has 0 aliphatic rings. The highest BCUT2D eigenvalue weighted by Gasteiger charge is 2.07. The van der Waals surface area contributed by atoms with Gasteiger partial charge >= 0.3 is 0 Å². The highest BCUT2D eigenvalue weighted by molar-refractivity contribution is 9.09. The zero-order valence-electron chi connectivity index (χ0n) is 9.13. The molecule has 0 aliphatic heterocycles. The molecule has 0 bridgehead atoms. The van der Waals surface area contributed by atoms with Gasteiger partial charge in [-0.2, -0.15) is 0 Å². The van der Waals surface area contributed by atoms with Gasteiger partial charge in [-0.3, -0.25) is 4.79 Å². The van der Waals surface area contributed by atoms with Gasteiger partial charge in [0.25, 0.3) is 5.91 Å². The number of hydrogen-bond acceptors (Lipinski definition) is 2. The van der Waals surface area contributed by atoms with E-state index >= 15 is 0 Å². The van der Waals surface area contributed by atoms with Gasteiger partial charge in [0.1, 0.15) is 0 Å². The predicted octanol–water partition coefficient (Wildman–Crippen LogP) is 3.94. The third kappa shape index (κ3) is 4.85. The van der Waals surface area contributed by atoms with Gasteiger partial charge in [-0.25, -0.2) is 0 Å². The van der Waals surface area contributed by atoms with Crippen molar-refractivity contribution in [1.82, 2.24) is 5.32 Å². The first-order chi connectivity index (χ1) is 7.63. The van der Waals surface area contributed by atoms with E-state index in [4.69, 9.17) is 11.6 Å². The topological polar surface area (TPSA) is 29.1 Å². The average molecular weight is 325 g/mol. The lowest BCUT2D eigenvalue weighted by Gasteiger charge is -2.07. The second-order valence-electron chi connectivity index (χ2n) is 3.76. The molecule has 0 aliphatic carbocycles. The van der Waals surface area contributed by atoms with Crippen molar-refractivity contribution in [2.45, 2.75) is 19.8 Å². The van der Waals surface area contributed by atoms with E-state index in [1.165, 1.54) is 11.3 Å². The molecule has 2 nitrogen and oxygen atoms in total. The van der Waals surface area contributed by atoms with E-state index in [0.717, 1.165) is 24.7 Å². The van der Waals surface area contributed by atoms with E-state index in [0.29, 0.717) is 15.1 Å². The summed E-state index contributed by atoms with van der Waals surface area (Å²) in [6, 6.07) is 3.50. The number of hydrogen-bond donors (Lipinski definition) is 1. The van der Waals surface area contributed by atoms with E-state index < -0.39 is 0 Å². The van der Waals surface area contributed by atoms with E-state index in [9.17, 15) is 4.79 Å². The van der Waals surface area contributed by atoms with Gasteiger partial charge in [0.05, 0.1) is 9.21 Å². The summed E-state index contributed by atoms with van der Waals surface area (Å²) in [6.45, 7) is 2.92. The Morgan fingerprint density at radius 2 is 2.38 bits per heavy atom. The summed E-state index contributed by atoms with van der Waals surface area (Å²) >= 11 is 10.5. The van der Waals surface area contributed by atoms with Crippen LogP contribution >= 0.6 is 38.9 Å². The van der Waals surface area contributed by atoms with Crippen molar-refractivity contribution in [2.24, 2.45) is 5.92 Å². The van der Waals surface area contributed by atoms with E-state index in [-0.39, 0.29) is 5.91 Å². The van der Waals surface area contributed by atoms with Crippen LogP contribution in [0.5, 0.6) is 0 Å². The van der Waals surface area contributed by atoms with Crippen LogP contribution in [-0.2, 0) is 0 Å². The Hall–Kier alpha value is -0.0600. The number of halogens is 2. The standard InChI is InChI=1S/C11H15BrClNOS/c1-8(7-12)3-2-6-14-11(15)9-4-5-10(13)16-9/h4-5,8H,2-3,6-7H2,1H3,(H,14,15). The van der Waals surface area contributed by atoms with Crippen molar-refractivity contribution in [2.75, 3.05) is 11.9 Å². The average Bonchev–Trinajstić information content (AvgIpc) is 2.70. The van der Waals surface area contributed by atoms with Crippen molar-refractivity contribution in [1.29, 1.82) is 0 Å². The van der Waals surface area contributed by atoms with Gasteiger partial charge in [-0.15, -0.1) is 11.3 Å². The molecule has 90 valence electrons. The second kappa shape index (κ2) is 7.30. The van der Waals surface area contributed by atoms with Crippen LogP contribution in [0.3, 0.4) is 0 Å². The van der Waals surface area contributed by atoms with Crippen molar-refractivity contribution >= 4 is 44.8 Å². The highest BCUT2D eigenvalue weighted by atomic mass is 79.9. The molecule has 1 atom stereocenters. The first kappa shape index (κ1) is 14.0. The highest BCUT2D eigenvalue weighted by Crippen LogP contribution is 2.21. The molecule has 0 spiro atoms. The SMILES string of the molecule is CC(CBr)CCCNC(=O)c1ccc(Cl)s1. The fourth-order valence-corrected chi connectivity index (χ4v) is 2.54. The Labute approximate surface area is 114 Å². The summed E-state index contributed by atoms with van der Waals surface area (Å²) < 4.78 is 0.651. The van der Waals surface area contributed by atoms with E-state index in [1.807, 2.05) is 0 Å². The lowest BCUT2D eigenvalue weighted by molar-refractivity contribution is 0.0956. The Bertz CT molecular complexity index is 342. The molecule has 1 aromatic rings. The maximum atomic E-state index is 11.6. The maximum Gasteiger partial charge on any atom is 0.261 e. The third-order valence-corrected chi connectivity index (χ3v) is 4.55. The Morgan fingerprint density at radius 1 is 1.62 bits per heavy atom. The first-order valence-corrected chi connectivity index (χ1v) is 7.54. The monoisotopic (exact) mass is 323 g/mol. The van der Waals surface area contributed by atoms with E-state index in [1.54, 1.807) is 12.1 Å². The van der Waals surface area contributed by atoms with Crippen molar-refractivity contribution in [3.8, 4) is 0 Å². The Balaban J connectivity index is 2.21. The molecule has 16 heavy (non-hydrogen) atoms. The lowest BCUT2D eigenvalue weighted by Crippen LogP contribution is -2.23. The number of rotatable bonds is 6. The van der Waals surface area contributed by atoms with Gasteiger partial charge < -0.3 is 5.32 Å². The smallest absolute Gasteiger partial charge is 0.261 e. The van der Waals surface area contributed by atoms with Gasteiger partial charge in [-0.05, 0) is 30.9 Å². The number of nitrogens with one attached hydrogen (secondary N) is 1. The van der Waals surface area contributed by atoms with Crippen molar-refractivity contribution in [3.63, 3.8) is 0 Å². The molecule has 5 heteroatoms. The zero-order valence-corrected chi connectivity index (χ0v) is 12.3. The number of thiophene rings is 1. The summed E-state index contributed by atoms with van der Waals surface area (Å²) in [5, 5.41) is 3.90. The van der Waals surface area contributed by atoms with Crippen molar-refractivity contribution < 1.29 is 4.79 Å². The zero-order chi connectivity index (χ0) is 12.0. The normalized spacial score (nSPS) is 12.4. The summed E-state index contributed by atoms with van der Waals surface area (Å²) in [7, 11) is 0. The molecular formula is C11H15BrClNOS. The molecule has 1 amide bonds. The Morgan fingerprint density at radius 3 is 2.94 bits per heavy atom. The van der Waals surface area contributed by atoms with Crippen LogP contribution < -0.4 is 5.32 Å². The van der Waals surface area contributed by atoms with Crippen LogP contribution in [-0.4, -0.2) is 17.8 Å². The van der Waals surface area contributed by atoms with Crippen LogP contribution in [0.4, 0.5) is 0 Å². The first-order valence-electron chi connectivity index (χ1n) is 5.23. The summed E-state index contributed by atoms with van der Waals surface area (Å²) in [4.78, 5) is 12.3. The molecule has 1 N–H and O–H groups in total. The molecule has 0 fully saturated rings. The molecule has 0 saturated carbocycles. The number of carbonyl (C=O) groups is 1. The largest absolute Gasteiger partial charge is 0.351 e. The minimum atomic E-state index is -0.0246. The minimum Gasteiger partial charge on any atom is -0.351 e. The number of alkyl halides is 1. The van der Waals surface area contributed by atoms with Crippen LogP contribution in [0.2, 0.25) is 4.34 Å². The van der Waals surface area contributed by atoms with Crippen molar-refractivity contribution in [3.05, 3.63) is 21.3 Å². The van der Waals surface area contributed by atoms with Crippen LogP contribution in [0.1, 0.15) is 29.4 Å². The molecule has 1 unspecified atom stereocenters. The van der Waals surface area contributed by atoms with Gasteiger partial charge in [-0.1, -0.05) is 34.5 Å². The van der Waals surface area contributed by atoms with E-state index in [2.05, 4.69) is 28.2 Å². The number of carbonyl (C=O) groups excluding carboxylic acids is 1. The summed E-state index contributed by atoms with van der Waals surface area (Å²) in [5.74, 6) is 0.636. The quantitative estimate of drug-likeness (QED) is 0.623. The van der Waals surface area contributed by atoms with Crippen LogP contribution in [0.25, 0.3) is 0 Å². The third-order valence-electron chi connectivity index (χ3n) is 2.22. The molecule has 1 heterocycles. The van der Waals surface area contributed by atoms with Gasteiger partial charge in [0, 0.05) is 11.9 Å². The molecule has 0 radical (unpaired) electrons. The fourth-order valence-electron chi connectivity index (χ4n) is 1.25. The molecule has 0 aromatic carbocycles. The maximum absolute atomic E-state index is 11.6. The molecular weight excluding hydrogens is 310 g/mol. The minimum absolute atomic E-state index is 0.0246. The van der Waals surface area contributed by atoms with Gasteiger partial charge in [0.15, 0.2) is 0 Å². The van der Waals surface area contributed by atoms with Crippen LogP contribution in [0, 0.1) is 5.92 Å². The lowest BCUT2D eigenvalue weighted by atomic mass is 10.1. The van der Waals surface area contributed by atoms with Crippen LogP contribution in [0.15, 0.2) is 12.1 Å². The van der Waals surface area contributed by atoms with Gasteiger partial charge in [0.2, 0.25) is 0 Å². The summed E-state index contributed by atoms with van der Waals surface area (Å²) in [5.41, 5.74) is 0. The summed E-state index contributed by atoms with van der Waals surface area (Å²) in [6.07, 6.45) is 2.13. The Kier molecular flexibility index (Phi) is 6.39. The molecule has 1 rings (SSSR count). The fraction of sp³-hybridized carbons (Fsp3) is 0.545. The second-order valence-corrected chi connectivity index (χ2v) is 6.12. The molecule has 1 aromatic heterocycles.